The average molecular weight is 341 g/mol. The van der Waals surface area contributed by atoms with Gasteiger partial charge in [0.1, 0.15) is 5.65 Å². The van der Waals surface area contributed by atoms with Gasteiger partial charge in [0.25, 0.3) is 0 Å². The second kappa shape index (κ2) is 5.72. The zero-order valence-corrected chi connectivity index (χ0v) is 14.3. The van der Waals surface area contributed by atoms with E-state index in [2.05, 4.69) is 4.98 Å². The van der Waals surface area contributed by atoms with Crippen molar-refractivity contribution in [2.75, 3.05) is 13.1 Å². The van der Waals surface area contributed by atoms with Crippen molar-refractivity contribution in [3.63, 3.8) is 0 Å². The number of benzene rings is 1. The Balaban J connectivity index is 1.69. The summed E-state index contributed by atoms with van der Waals surface area (Å²) >= 11 is 0. The lowest BCUT2D eigenvalue weighted by atomic mass is 10.2. The van der Waals surface area contributed by atoms with Crippen molar-refractivity contribution in [2.24, 2.45) is 0 Å². The molecule has 0 radical (unpaired) electrons. The number of pyridine rings is 1. The molecule has 5 nitrogen and oxygen atoms in total. The molecule has 1 aromatic carbocycles. The first kappa shape index (κ1) is 15.4. The second-order valence-electron chi connectivity index (χ2n) is 6.18. The quantitative estimate of drug-likeness (QED) is 0.735. The molecular weight excluding hydrogens is 322 g/mol. The normalized spacial score (nSPS) is 16.0. The molecule has 0 bridgehead atoms. The van der Waals surface area contributed by atoms with Gasteiger partial charge in [-0.15, -0.1) is 0 Å². The molecule has 0 amide bonds. The summed E-state index contributed by atoms with van der Waals surface area (Å²) in [7, 11) is -3.36. The Hall–Kier alpha value is -2.18. The summed E-state index contributed by atoms with van der Waals surface area (Å²) < 4.78 is 28.7. The van der Waals surface area contributed by atoms with Crippen LogP contribution in [0.3, 0.4) is 0 Å². The maximum Gasteiger partial charge on any atom is 0.243 e. The van der Waals surface area contributed by atoms with Gasteiger partial charge in [-0.05, 0) is 43.5 Å². The SMILES string of the molecule is Cc1cccn2cc(-c3ccc(S(=O)(=O)N4CCCC4)cc3)nc12. The van der Waals surface area contributed by atoms with Gasteiger partial charge in [0.15, 0.2) is 0 Å². The lowest BCUT2D eigenvalue weighted by Gasteiger charge is -2.15. The molecule has 3 heterocycles. The third-order valence-electron chi connectivity index (χ3n) is 4.53. The van der Waals surface area contributed by atoms with Crippen molar-refractivity contribution in [3.05, 3.63) is 54.4 Å². The van der Waals surface area contributed by atoms with E-state index in [1.807, 2.05) is 48.0 Å². The van der Waals surface area contributed by atoms with E-state index >= 15 is 0 Å². The third-order valence-corrected chi connectivity index (χ3v) is 6.44. The lowest BCUT2D eigenvalue weighted by Crippen LogP contribution is -2.27. The van der Waals surface area contributed by atoms with Gasteiger partial charge in [0, 0.05) is 31.0 Å². The highest BCUT2D eigenvalue weighted by atomic mass is 32.2. The van der Waals surface area contributed by atoms with Crippen molar-refractivity contribution in [2.45, 2.75) is 24.7 Å². The first-order valence-corrected chi connectivity index (χ1v) is 9.55. The number of aryl methyl sites for hydroxylation is 1. The van der Waals surface area contributed by atoms with E-state index in [1.165, 1.54) is 0 Å². The van der Waals surface area contributed by atoms with Gasteiger partial charge >= 0.3 is 0 Å². The molecule has 4 rings (SSSR count). The second-order valence-corrected chi connectivity index (χ2v) is 8.12. The fraction of sp³-hybridized carbons (Fsp3) is 0.278. The molecular formula is C18H19N3O2S. The Kier molecular flexibility index (Phi) is 3.66. The molecule has 6 heteroatoms. The van der Waals surface area contributed by atoms with Crippen LogP contribution in [-0.2, 0) is 10.0 Å². The highest BCUT2D eigenvalue weighted by Gasteiger charge is 2.26. The number of rotatable bonds is 3. The molecule has 0 N–H and O–H groups in total. The van der Waals surface area contributed by atoms with Crippen LogP contribution in [0.15, 0.2) is 53.7 Å². The maximum absolute atomic E-state index is 12.6. The summed E-state index contributed by atoms with van der Waals surface area (Å²) in [6.45, 7) is 3.27. The molecule has 24 heavy (non-hydrogen) atoms. The van der Waals surface area contributed by atoms with Crippen LogP contribution in [0.4, 0.5) is 0 Å². The average Bonchev–Trinajstić information content (AvgIpc) is 3.25. The van der Waals surface area contributed by atoms with E-state index in [4.69, 9.17) is 0 Å². The highest BCUT2D eigenvalue weighted by molar-refractivity contribution is 7.89. The van der Waals surface area contributed by atoms with Crippen LogP contribution in [0.5, 0.6) is 0 Å². The molecule has 0 saturated carbocycles. The summed E-state index contributed by atoms with van der Waals surface area (Å²) in [5.74, 6) is 0. The van der Waals surface area contributed by atoms with Gasteiger partial charge in [0.05, 0.1) is 10.6 Å². The zero-order valence-electron chi connectivity index (χ0n) is 13.5. The molecule has 0 spiro atoms. The monoisotopic (exact) mass is 341 g/mol. The number of aromatic nitrogens is 2. The molecule has 0 aliphatic carbocycles. The molecule has 0 unspecified atom stereocenters. The Labute approximate surface area is 141 Å². The standard InChI is InChI=1S/C18H19N3O2S/c1-14-5-4-10-20-13-17(19-18(14)20)15-6-8-16(9-7-15)24(22,23)21-11-2-3-12-21/h4-10,13H,2-3,11-12H2,1H3. The van der Waals surface area contributed by atoms with Gasteiger partial charge in [-0.2, -0.15) is 4.31 Å². The van der Waals surface area contributed by atoms with Gasteiger partial charge in [-0.1, -0.05) is 18.2 Å². The molecule has 1 aliphatic heterocycles. The van der Waals surface area contributed by atoms with E-state index in [0.29, 0.717) is 18.0 Å². The lowest BCUT2D eigenvalue weighted by molar-refractivity contribution is 0.477. The molecule has 3 aromatic rings. The fourth-order valence-corrected chi connectivity index (χ4v) is 4.69. The Bertz CT molecular complexity index is 985. The molecule has 124 valence electrons. The van der Waals surface area contributed by atoms with Crippen LogP contribution < -0.4 is 0 Å². The molecule has 1 saturated heterocycles. The van der Waals surface area contributed by atoms with Gasteiger partial charge < -0.3 is 4.40 Å². The topological polar surface area (TPSA) is 54.7 Å². The summed E-state index contributed by atoms with van der Waals surface area (Å²) in [6, 6.07) is 11.0. The van der Waals surface area contributed by atoms with Crippen molar-refractivity contribution in [1.82, 2.24) is 13.7 Å². The predicted octanol–water partition coefficient (Wildman–Crippen LogP) is 3.09. The van der Waals surface area contributed by atoms with Crippen molar-refractivity contribution in [3.8, 4) is 11.3 Å². The summed E-state index contributed by atoms with van der Waals surface area (Å²) in [6.07, 6.45) is 5.81. The van der Waals surface area contributed by atoms with Crippen molar-refractivity contribution in [1.29, 1.82) is 0 Å². The third kappa shape index (κ3) is 2.52. The van der Waals surface area contributed by atoms with E-state index in [1.54, 1.807) is 16.4 Å². The fourth-order valence-electron chi connectivity index (χ4n) is 3.17. The minimum Gasteiger partial charge on any atom is -0.306 e. The Morgan fingerprint density at radius 3 is 2.42 bits per heavy atom. The Morgan fingerprint density at radius 1 is 1.04 bits per heavy atom. The zero-order chi connectivity index (χ0) is 16.7. The van der Waals surface area contributed by atoms with Crippen LogP contribution in [-0.4, -0.2) is 35.2 Å². The largest absolute Gasteiger partial charge is 0.306 e. The molecule has 1 fully saturated rings. The highest BCUT2D eigenvalue weighted by Crippen LogP contribution is 2.25. The van der Waals surface area contributed by atoms with Gasteiger partial charge in [0.2, 0.25) is 10.0 Å². The van der Waals surface area contributed by atoms with E-state index in [9.17, 15) is 8.42 Å². The minimum atomic E-state index is -3.36. The first-order chi connectivity index (χ1) is 11.6. The number of fused-ring (bicyclic) bond motifs is 1. The molecule has 1 aliphatic rings. The summed E-state index contributed by atoms with van der Waals surface area (Å²) in [5.41, 5.74) is 3.78. The smallest absolute Gasteiger partial charge is 0.243 e. The molecule has 2 aromatic heterocycles. The van der Waals surface area contributed by atoms with Crippen LogP contribution in [0.1, 0.15) is 18.4 Å². The maximum atomic E-state index is 12.6. The van der Waals surface area contributed by atoms with Gasteiger partial charge in [-0.25, -0.2) is 13.4 Å². The molecule has 0 atom stereocenters. The number of hydrogen-bond acceptors (Lipinski definition) is 3. The van der Waals surface area contributed by atoms with Crippen molar-refractivity contribution >= 4 is 15.7 Å². The predicted molar refractivity (Wildman–Crippen MR) is 93.4 cm³/mol. The van der Waals surface area contributed by atoms with Crippen LogP contribution in [0.25, 0.3) is 16.9 Å². The number of hydrogen-bond donors (Lipinski definition) is 0. The van der Waals surface area contributed by atoms with Crippen LogP contribution in [0.2, 0.25) is 0 Å². The van der Waals surface area contributed by atoms with E-state index < -0.39 is 10.0 Å². The number of nitrogens with zero attached hydrogens (tertiary/aromatic N) is 3. The summed E-state index contributed by atoms with van der Waals surface area (Å²) in [4.78, 5) is 5.01. The first-order valence-electron chi connectivity index (χ1n) is 8.11. The van der Waals surface area contributed by atoms with E-state index in [-0.39, 0.29) is 0 Å². The summed E-state index contributed by atoms with van der Waals surface area (Å²) in [5, 5.41) is 0. The van der Waals surface area contributed by atoms with Gasteiger partial charge in [-0.3, -0.25) is 0 Å². The van der Waals surface area contributed by atoms with Crippen molar-refractivity contribution < 1.29 is 8.42 Å². The van der Waals surface area contributed by atoms with Crippen LogP contribution >= 0.6 is 0 Å². The number of sulfonamides is 1. The Morgan fingerprint density at radius 2 is 1.75 bits per heavy atom. The van der Waals surface area contributed by atoms with Crippen LogP contribution in [0, 0.1) is 6.92 Å². The van der Waals surface area contributed by atoms with E-state index in [0.717, 1.165) is 35.3 Å². The number of imidazole rings is 1. The minimum absolute atomic E-state index is 0.355.